The molecule has 2 aromatic rings. The average Bonchev–Trinajstić information content (AvgIpc) is 2.91. The van der Waals surface area contributed by atoms with Gasteiger partial charge in [-0.15, -0.1) is 12.4 Å². The van der Waals surface area contributed by atoms with Crippen molar-refractivity contribution >= 4 is 35.1 Å². The number of phenolic OH excluding ortho intramolecular Hbond substituents is 1. The maximum absolute atomic E-state index is 12.8. The quantitative estimate of drug-likeness (QED) is 0.555. The van der Waals surface area contributed by atoms with Crippen molar-refractivity contribution in [1.82, 2.24) is 10.3 Å². The predicted molar refractivity (Wildman–Crippen MR) is 99.8 cm³/mol. The van der Waals surface area contributed by atoms with Crippen LogP contribution in [-0.2, 0) is 4.74 Å². The van der Waals surface area contributed by atoms with Crippen molar-refractivity contribution in [2.24, 2.45) is 0 Å². The number of phenols is 1. The van der Waals surface area contributed by atoms with Crippen molar-refractivity contribution in [2.75, 3.05) is 6.61 Å². The van der Waals surface area contributed by atoms with Gasteiger partial charge in [-0.2, -0.15) is 0 Å². The van der Waals surface area contributed by atoms with Crippen LogP contribution in [0.4, 0.5) is 0 Å². The molecule has 1 aromatic heterocycles. The van der Waals surface area contributed by atoms with Crippen molar-refractivity contribution in [2.45, 2.75) is 46.2 Å². The van der Waals surface area contributed by atoms with Crippen LogP contribution in [0.1, 0.15) is 55.5 Å². The molecule has 0 bridgehead atoms. The summed E-state index contributed by atoms with van der Waals surface area (Å²) >= 11 is 0. The number of aromatic hydroxyl groups is 1. The monoisotopic (exact) mass is 368 g/mol. The van der Waals surface area contributed by atoms with Gasteiger partial charge in [-0.05, 0) is 52.8 Å². The molecular weight excluding hydrogens is 344 g/mol. The number of carbonyl (C=O) groups is 2. The molecule has 0 aliphatic heterocycles. The first-order valence-electron chi connectivity index (χ1n) is 7.97. The van der Waals surface area contributed by atoms with Gasteiger partial charge in [0, 0.05) is 16.5 Å². The highest BCUT2D eigenvalue weighted by Gasteiger charge is 2.24. The lowest BCUT2D eigenvalue weighted by atomic mass is 9.98. The van der Waals surface area contributed by atoms with Crippen LogP contribution in [0.2, 0.25) is 0 Å². The number of ketones is 1. The lowest BCUT2D eigenvalue weighted by Gasteiger charge is -2.25. The summed E-state index contributed by atoms with van der Waals surface area (Å²) < 4.78 is 4.96. The molecule has 0 radical (unpaired) electrons. The van der Waals surface area contributed by atoms with Gasteiger partial charge in [0.1, 0.15) is 11.4 Å². The Kier molecular flexibility index (Phi) is 6.62. The highest BCUT2D eigenvalue weighted by atomic mass is 35.5. The molecule has 7 heteroatoms. The summed E-state index contributed by atoms with van der Waals surface area (Å²) in [5, 5.41) is 13.8. The Morgan fingerprint density at radius 1 is 1.32 bits per heavy atom. The highest BCUT2D eigenvalue weighted by Crippen LogP contribution is 2.29. The number of H-pyrrole nitrogens is 1. The summed E-state index contributed by atoms with van der Waals surface area (Å²) in [4.78, 5) is 27.5. The van der Waals surface area contributed by atoms with Crippen LogP contribution in [0.15, 0.2) is 18.2 Å². The fourth-order valence-electron chi connectivity index (χ4n) is 2.69. The Labute approximate surface area is 153 Å². The van der Waals surface area contributed by atoms with E-state index in [-0.39, 0.29) is 41.8 Å². The molecule has 0 saturated carbocycles. The second-order valence-corrected chi connectivity index (χ2v) is 6.80. The molecule has 0 amide bonds. The summed E-state index contributed by atoms with van der Waals surface area (Å²) in [5.41, 5.74) is 0.795. The third-order valence-corrected chi connectivity index (χ3v) is 3.58. The SMILES string of the molecule is CCOC(=O)c1cc2c(C(=O)C(C)NC(C)(C)C)ccc(O)c2[nH]1.Cl. The van der Waals surface area contributed by atoms with Gasteiger partial charge in [-0.25, -0.2) is 4.79 Å². The number of ether oxygens (including phenoxy) is 1. The van der Waals surface area contributed by atoms with Gasteiger partial charge in [0.15, 0.2) is 5.78 Å². The number of rotatable bonds is 5. The maximum Gasteiger partial charge on any atom is 0.354 e. The first-order chi connectivity index (χ1) is 11.1. The van der Waals surface area contributed by atoms with E-state index in [1.54, 1.807) is 26.0 Å². The van der Waals surface area contributed by atoms with Crippen molar-refractivity contribution in [3.63, 3.8) is 0 Å². The molecule has 0 saturated heterocycles. The maximum atomic E-state index is 12.8. The Morgan fingerprint density at radius 2 is 1.96 bits per heavy atom. The van der Waals surface area contributed by atoms with E-state index in [0.717, 1.165) is 0 Å². The predicted octanol–water partition coefficient (Wildman–Crippen LogP) is 3.43. The van der Waals surface area contributed by atoms with E-state index >= 15 is 0 Å². The van der Waals surface area contributed by atoms with Gasteiger partial charge < -0.3 is 20.1 Å². The topological polar surface area (TPSA) is 91.4 Å². The number of aromatic amines is 1. The summed E-state index contributed by atoms with van der Waals surface area (Å²) in [6.07, 6.45) is 0. The number of carbonyl (C=O) groups excluding carboxylic acids is 2. The van der Waals surface area contributed by atoms with Crippen LogP contribution in [0, 0.1) is 0 Å². The normalized spacial score (nSPS) is 12.5. The Balaban J connectivity index is 0.00000312. The van der Waals surface area contributed by atoms with Gasteiger partial charge in [-0.3, -0.25) is 4.79 Å². The zero-order valence-corrected chi connectivity index (χ0v) is 15.9. The fraction of sp³-hybridized carbons (Fsp3) is 0.444. The van der Waals surface area contributed by atoms with E-state index in [2.05, 4.69) is 10.3 Å². The zero-order chi connectivity index (χ0) is 18.1. The molecular formula is C18H25ClN2O4. The Morgan fingerprint density at radius 3 is 2.52 bits per heavy atom. The number of hydrogen-bond acceptors (Lipinski definition) is 5. The van der Waals surface area contributed by atoms with Crippen molar-refractivity contribution in [1.29, 1.82) is 0 Å². The van der Waals surface area contributed by atoms with Crippen molar-refractivity contribution in [3.8, 4) is 5.75 Å². The average molecular weight is 369 g/mol. The minimum Gasteiger partial charge on any atom is -0.506 e. The fourth-order valence-corrected chi connectivity index (χ4v) is 2.69. The molecule has 25 heavy (non-hydrogen) atoms. The second-order valence-electron chi connectivity index (χ2n) is 6.80. The lowest BCUT2D eigenvalue weighted by Crippen LogP contribution is -2.46. The van der Waals surface area contributed by atoms with E-state index in [1.165, 1.54) is 6.07 Å². The molecule has 0 aliphatic carbocycles. The van der Waals surface area contributed by atoms with E-state index in [0.29, 0.717) is 16.5 Å². The standard InChI is InChI=1S/C18H24N2O4.ClH/c1-6-24-17(23)13-9-12-11(7-8-14(21)15(12)19-13)16(22)10(2)20-18(3,4)5;/h7-10,19-21H,6H2,1-5H3;1H. The molecule has 3 N–H and O–H groups in total. The summed E-state index contributed by atoms with van der Waals surface area (Å²) in [7, 11) is 0. The lowest BCUT2D eigenvalue weighted by molar-refractivity contribution is 0.0520. The molecule has 6 nitrogen and oxygen atoms in total. The number of nitrogens with one attached hydrogen (secondary N) is 2. The van der Waals surface area contributed by atoms with Crippen molar-refractivity contribution in [3.05, 3.63) is 29.5 Å². The molecule has 0 fully saturated rings. The highest BCUT2D eigenvalue weighted by molar-refractivity contribution is 6.12. The molecule has 1 heterocycles. The summed E-state index contributed by atoms with van der Waals surface area (Å²) in [5.74, 6) is -0.648. The van der Waals surface area contributed by atoms with Gasteiger partial charge in [-0.1, -0.05) is 0 Å². The van der Waals surface area contributed by atoms with Gasteiger partial charge in [0.2, 0.25) is 0 Å². The van der Waals surface area contributed by atoms with Crippen molar-refractivity contribution < 1.29 is 19.4 Å². The van der Waals surface area contributed by atoms with E-state index in [1.807, 2.05) is 20.8 Å². The van der Waals surface area contributed by atoms with E-state index in [9.17, 15) is 14.7 Å². The molecule has 1 unspecified atom stereocenters. The van der Waals surface area contributed by atoms with Crippen LogP contribution in [0.3, 0.4) is 0 Å². The zero-order valence-electron chi connectivity index (χ0n) is 15.1. The third-order valence-electron chi connectivity index (χ3n) is 3.58. The Bertz CT molecular complexity index is 777. The molecule has 1 aromatic carbocycles. The number of Topliss-reactive ketones (excluding diaryl/α,β-unsaturated/α-hetero) is 1. The Hall–Kier alpha value is -2.05. The number of aromatic nitrogens is 1. The molecule has 0 spiro atoms. The van der Waals surface area contributed by atoms with Crippen LogP contribution < -0.4 is 5.32 Å². The van der Waals surface area contributed by atoms with Gasteiger partial charge in [0.25, 0.3) is 0 Å². The number of benzene rings is 1. The van der Waals surface area contributed by atoms with E-state index < -0.39 is 12.0 Å². The van der Waals surface area contributed by atoms with E-state index in [4.69, 9.17) is 4.74 Å². The molecule has 0 aliphatic rings. The van der Waals surface area contributed by atoms with Crippen LogP contribution in [-0.4, -0.2) is 40.0 Å². The minimum atomic E-state index is -0.521. The van der Waals surface area contributed by atoms with Gasteiger partial charge >= 0.3 is 5.97 Å². The largest absolute Gasteiger partial charge is 0.506 e. The van der Waals surface area contributed by atoms with Gasteiger partial charge in [0.05, 0.1) is 18.2 Å². The number of hydrogen-bond donors (Lipinski definition) is 3. The first-order valence-corrected chi connectivity index (χ1v) is 7.97. The number of fused-ring (bicyclic) bond motifs is 1. The smallest absolute Gasteiger partial charge is 0.354 e. The molecule has 2 rings (SSSR count). The van der Waals surface area contributed by atoms with Crippen LogP contribution >= 0.6 is 12.4 Å². The minimum absolute atomic E-state index is 0. The molecule has 138 valence electrons. The number of esters is 1. The number of halogens is 1. The molecule has 1 atom stereocenters. The first kappa shape index (κ1) is 21.0. The summed E-state index contributed by atoms with van der Waals surface area (Å²) in [6.45, 7) is 9.71. The third kappa shape index (κ3) is 4.74. The second kappa shape index (κ2) is 7.89. The summed E-state index contributed by atoms with van der Waals surface area (Å²) in [6, 6.07) is 4.16. The van der Waals surface area contributed by atoms with Crippen LogP contribution in [0.5, 0.6) is 5.75 Å². The van der Waals surface area contributed by atoms with Crippen LogP contribution in [0.25, 0.3) is 10.9 Å².